The van der Waals surface area contributed by atoms with E-state index in [4.69, 9.17) is 16.7 Å². The Hall–Kier alpha value is -0.610. The molecule has 64 valence electrons. The van der Waals surface area contributed by atoms with Gasteiger partial charge in [-0.2, -0.15) is 0 Å². The Morgan fingerprint density at radius 2 is 2.33 bits per heavy atom. The van der Waals surface area contributed by atoms with Crippen LogP contribution in [-0.2, 0) is 0 Å². The highest BCUT2D eigenvalue weighted by atomic mass is 79.9. The summed E-state index contributed by atoms with van der Waals surface area (Å²) in [5, 5.41) is 8.65. The molecular weight excluding hydrogens is 245 g/mol. The zero-order valence-corrected chi connectivity index (χ0v) is 8.48. The van der Waals surface area contributed by atoms with E-state index in [0.29, 0.717) is 10.2 Å². The quantitative estimate of drug-likeness (QED) is 0.779. The third-order valence-electron chi connectivity index (χ3n) is 1.34. The van der Waals surface area contributed by atoms with Gasteiger partial charge in [0.15, 0.2) is 0 Å². The zero-order chi connectivity index (χ0) is 9.30. The molecule has 0 bridgehead atoms. The number of carboxylic acids is 1. The van der Waals surface area contributed by atoms with E-state index in [1.165, 1.54) is 6.07 Å². The Morgan fingerprint density at radius 1 is 1.75 bits per heavy atom. The third kappa shape index (κ3) is 1.76. The molecule has 1 N–H and O–H groups in total. The fraction of sp³-hybridized carbons (Fsp3) is 0.143. The van der Waals surface area contributed by atoms with Crippen LogP contribution in [0.3, 0.4) is 0 Å². The maximum absolute atomic E-state index is 10.5. The van der Waals surface area contributed by atoms with Gasteiger partial charge in [-0.15, -0.1) is 0 Å². The number of halogens is 2. The van der Waals surface area contributed by atoms with Crippen LogP contribution in [0.15, 0.2) is 10.5 Å². The minimum atomic E-state index is -1.08. The molecule has 1 aromatic rings. The summed E-state index contributed by atoms with van der Waals surface area (Å²) >= 11 is 8.75. The summed E-state index contributed by atoms with van der Waals surface area (Å²) in [4.78, 5) is 14.4. The third-order valence-corrected chi connectivity index (χ3v) is 2.43. The summed E-state index contributed by atoms with van der Waals surface area (Å²) in [5.74, 6) is -1.08. The van der Waals surface area contributed by atoms with Crippen molar-refractivity contribution in [3.63, 3.8) is 0 Å². The highest BCUT2D eigenvalue weighted by Crippen LogP contribution is 2.21. The highest BCUT2D eigenvalue weighted by Gasteiger charge is 2.11. The molecule has 0 atom stereocenters. The predicted octanol–water partition coefficient (Wildman–Crippen LogP) is 2.50. The molecule has 5 heteroatoms. The zero-order valence-electron chi connectivity index (χ0n) is 6.14. The maximum atomic E-state index is 10.5. The molecule has 0 aliphatic rings. The molecule has 0 fully saturated rings. The van der Waals surface area contributed by atoms with E-state index in [9.17, 15) is 4.79 Å². The smallest absolute Gasteiger partial charge is 0.338 e. The first kappa shape index (κ1) is 9.48. The second kappa shape index (κ2) is 3.41. The lowest BCUT2D eigenvalue weighted by Gasteiger charge is -2.01. The number of hydrogen-bond acceptors (Lipinski definition) is 2. The van der Waals surface area contributed by atoms with Crippen LogP contribution < -0.4 is 0 Å². The molecule has 0 saturated heterocycles. The lowest BCUT2D eigenvalue weighted by molar-refractivity contribution is 0.0696. The van der Waals surface area contributed by atoms with Crippen LogP contribution >= 0.6 is 27.5 Å². The molecule has 0 aliphatic heterocycles. The molecule has 1 heterocycles. The van der Waals surface area contributed by atoms with E-state index in [0.717, 1.165) is 0 Å². The van der Waals surface area contributed by atoms with E-state index in [-0.39, 0.29) is 10.7 Å². The van der Waals surface area contributed by atoms with E-state index >= 15 is 0 Å². The number of hydrogen-bond donors (Lipinski definition) is 1. The Labute approximate surface area is 82.5 Å². The van der Waals surface area contributed by atoms with Crippen molar-refractivity contribution in [2.45, 2.75) is 6.92 Å². The fourth-order valence-corrected chi connectivity index (χ4v) is 1.28. The van der Waals surface area contributed by atoms with Gasteiger partial charge in [0.1, 0.15) is 5.15 Å². The number of carboxylic acid groups (broad SMARTS) is 1. The van der Waals surface area contributed by atoms with Crippen molar-refractivity contribution < 1.29 is 9.90 Å². The Bertz CT molecular complexity index is 340. The van der Waals surface area contributed by atoms with Crippen LogP contribution in [0, 0.1) is 6.92 Å². The SMILES string of the molecule is Cc1nc(Cl)c(C(=O)O)cc1Br. The van der Waals surface area contributed by atoms with Crippen LogP contribution in [0.5, 0.6) is 0 Å². The topological polar surface area (TPSA) is 50.2 Å². The first-order valence-electron chi connectivity index (χ1n) is 3.08. The Balaban J connectivity index is 3.33. The van der Waals surface area contributed by atoms with Gasteiger partial charge in [0.2, 0.25) is 0 Å². The lowest BCUT2D eigenvalue weighted by atomic mass is 10.2. The molecule has 1 aromatic heterocycles. The van der Waals surface area contributed by atoms with E-state index in [2.05, 4.69) is 20.9 Å². The number of nitrogens with zero attached hydrogens (tertiary/aromatic N) is 1. The maximum Gasteiger partial charge on any atom is 0.338 e. The van der Waals surface area contributed by atoms with Crippen LogP contribution in [0.25, 0.3) is 0 Å². The number of pyridine rings is 1. The summed E-state index contributed by atoms with van der Waals surface area (Å²) in [6.45, 7) is 1.74. The summed E-state index contributed by atoms with van der Waals surface area (Å²) in [6, 6.07) is 1.44. The Morgan fingerprint density at radius 3 is 2.83 bits per heavy atom. The van der Waals surface area contributed by atoms with Gasteiger partial charge in [0.25, 0.3) is 0 Å². The molecule has 0 aromatic carbocycles. The standard InChI is InChI=1S/C7H5BrClNO2/c1-3-5(8)2-4(7(11)12)6(9)10-3/h2H,1H3,(H,11,12). The van der Waals surface area contributed by atoms with Gasteiger partial charge in [-0.3, -0.25) is 0 Å². The summed E-state index contributed by atoms with van der Waals surface area (Å²) in [7, 11) is 0. The Kier molecular flexibility index (Phi) is 2.69. The van der Waals surface area contributed by atoms with Gasteiger partial charge >= 0.3 is 5.97 Å². The second-order valence-electron chi connectivity index (χ2n) is 2.20. The molecule has 0 aliphatic carbocycles. The van der Waals surface area contributed by atoms with Crippen molar-refractivity contribution in [2.75, 3.05) is 0 Å². The summed E-state index contributed by atoms with van der Waals surface area (Å²) in [5.41, 5.74) is 0.680. The molecular formula is C7H5BrClNO2. The molecule has 0 unspecified atom stereocenters. The monoisotopic (exact) mass is 249 g/mol. The minimum absolute atomic E-state index is 0.00846. The number of carbonyl (C=O) groups is 1. The lowest BCUT2D eigenvalue weighted by Crippen LogP contribution is -2.00. The normalized spacial score (nSPS) is 9.92. The minimum Gasteiger partial charge on any atom is -0.478 e. The molecule has 3 nitrogen and oxygen atoms in total. The predicted molar refractivity (Wildman–Crippen MR) is 48.6 cm³/mol. The largest absolute Gasteiger partial charge is 0.478 e. The molecule has 0 amide bonds. The fourth-order valence-electron chi connectivity index (χ4n) is 0.702. The number of aromatic nitrogens is 1. The van der Waals surface area contributed by atoms with Crippen molar-refractivity contribution in [3.8, 4) is 0 Å². The van der Waals surface area contributed by atoms with Crippen LogP contribution in [0.1, 0.15) is 16.1 Å². The first-order valence-corrected chi connectivity index (χ1v) is 4.25. The van der Waals surface area contributed by atoms with Crippen molar-refractivity contribution in [1.82, 2.24) is 4.98 Å². The van der Waals surface area contributed by atoms with Crippen molar-refractivity contribution in [1.29, 1.82) is 0 Å². The first-order chi connectivity index (χ1) is 5.52. The van der Waals surface area contributed by atoms with Crippen LogP contribution in [-0.4, -0.2) is 16.1 Å². The molecule has 12 heavy (non-hydrogen) atoms. The summed E-state index contributed by atoms with van der Waals surface area (Å²) < 4.78 is 0.643. The highest BCUT2D eigenvalue weighted by molar-refractivity contribution is 9.10. The average molecular weight is 250 g/mol. The van der Waals surface area contributed by atoms with Crippen LogP contribution in [0.4, 0.5) is 0 Å². The number of aromatic carboxylic acids is 1. The van der Waals surface area contributed by atoms with Gasteiger partial charge in [-0.1, -0.05) is 11.6 Å². The number of aryl methyl sites for hydroxylation is 1. The van der Waals surface area contributed by atoms with Gasteiger partial charge in [-0.05, 0) is 28.9 Å². The molecule has 0 saturated carbocycles. The summed E-state index contributed by atoms with van der Waals surface area (Å²) in [6.07, 6.45) is 0. The van der Waals surface area contributed by atoms with Gasteiger partial charge in [0.05, 0.1) is 11.3 Å². The van der Waals surface area contributed by atoms with E-state index in [1.807, 2.05) is 0 Å². The van der Waals surface area contributed by atoms with Gasteiger partial charge in [-0.25, -0.2) is 9.78 Å². The van der Waals surface area contributed by atoms with Crippen LogP contribution in [0.2, 0.25) is 5.15 Å². The van der Waals surface area contributed by atoms with Gasteiger partial charge < -0.3 is 5.11 Å². The molecule has 0 spiro atoms. The van der Waals surface area contributed by atoms with Crippen molar-refractivity contribution in [3.05, 3.63) is 26.9 Å². The number of rotatable bonds is 1. The van der Waals surface area contributed by atoms with Gasteiger partial charge in [0, 0.05) is 4.47 Å². The molecule has 0 radical (unpaired) electrons. The van der Waals surface area contributed by atoms with E-state index < -0.39 is 5.97 Å². The second-order valence-corrected chi connectivity index (χ2v) is 3.41. The van der Waals surface area contributed by atoms with Crippen molar-refractivity contribution >= 4 is 33.5 Å². The van der Waals surface area contributed by atoms with Crippen molar-refractivity contribution in [2.24, 2.45) is 0 Å². The molecule has 1 rings (SSSR count). The van der Waals surface area contributed by atoms with E-state index in [1.54, 1.807) is 6.92 Å². The average Bonchev–Trinajstić information content (AvgIpc) is 1.96.